The molecule has 0 aromatic carbocycles. The van der Waals surface area contributed by atoms with Crippen LogP contribution in [0.2, 0.25) is 0 Å². The van der Waals surface area contributed by atoms with E-state index in [0.29, 0.717) is 11.8 Å². The van der Waals surface area contributed by atoms with Crippen LogP contribution in [0.5, 0.6) is 0 Å². The smallest absolute Gasteiger partial charge is 0.0778 e. The molecule has 2 aliphatic carbocycles. The maximum absolute atomic E-state index is 5.28. The zero-order valence-electron chi connectivity index (χ0n) is 15.6. The molecule has 5 heteroatoms. The van der Waals surface area contributed by atoms with Crippen LogP contribution in [0.15, 0.2) is 17.4 Å². The summed E-state index contributed by atoms with van der Waals surface area (Å²) < 4.78 is 0. The maximum atomic E-state index is 5.28. The van der Waals surface area contributed by atoms with Gasteiger partial charge in [0.15, 0.2) is 0 Å². The van der Waals surface area contributed by atoms with E-state index in [4.69, 9.17) is 4.98 Å². The van der Waals surface area contributed by atoms with Gasteiger partial charge < -0.3 is 5.43 Å². The Morgan fingerprint density at radius 1 is 1.19 bits per heavy atom. The van der Waals surface area contributed by atoms with Crippen LogP contribution >= 0.6 is 0 Å². The molecule has 5 nitrogen and oxygen atoms in total. The molecular weight excluding hydrogens is 322 g/mol. The van der Waals surface area contributed by atoms with Gasteiger partial charge in [-0.1, -0.05) is 19.4 Å². The number of pyridine rings is 1. The highest BCUT2D eigenvalue weighted by molar-refractivity contribution is 5.85. The van der Waals surface area contributed by atoms with E-state index in [0.717, 1.165) is 29.8 Å². The van der Waals surface area contributed by atoms with Crippen LogP contribution in [0, 0.1) is 19.8 Å². The Balaban J connectivity index is 1.78. The summed E-state index contributed by atoms with van der Waals surface area (Å²) in [5.74, 6) is 0.967. The molecule has 134 valence electrons. The minimum absolute atomic E-state index is 0.287. The predicted molar refractivity (Wildman–Crippen MR) is 104 cm³/mol. The van der Waals surface area contributed by atoms with Gasteiger partial charge in [-0.2, -0.15) is 10.2 Å². The van der Waals surface area contributed by atoms with Crippen molar-refractivity contribution in [2.45, 2.75) is 58.4 Å². The highest BCUT2D eigenvalue weighted by Crippen LogP contribution is 2.49. The van der Waals surface area contributed by atoms with Gasteiger partial charge in [-0.3, -0.25) is 5.10 Å². The van der Waals surface area contributed by atoms with E-state index in [9.17, 15) is 0 Å². The summed E-state index contributed by atoms with van der Waals surface area (Å²) in [7, 11) is 0. The molecule has 0 spiro atoms. The quantitative estimate of drug-likeness (QED) is 0.882. The third kappa shape index (κ3) is 2.26. The summed E-state index contributed by atoms with van der Waals surface area (Å²) in [6.07, 6.45) is 11.1. The Kier molecular flexibility index (Phi) is 3.52. The lowest BCUT2D eigenvalue weighted by Crippen LogP contribution is -2.30. The summed E-state index contributed by atoms with van der Waals surface area (Å²) in [5, 5.41) is 11.7. The Bertz CT molecular complexity index is 932. The molecule has 1 saturated carbocycles. The molecule has 0 bridgehead atoms. The van der Waals surface area contributed by atoms with Crippen molar-refractivity contribution in [2.24, 2.45) is 11.0 Å². The van der Waals surface area contributed by atoms with E-state index >= 15 is 0 Å². The van der Waals surface area contributed by atoms with Crippen LogP contribution in [0.1, 0.15) is 60.2 Å². The van der Waals surface area contributed by atoms with E-state index in [1.165, 1.54) is 40.8 Å². The third-order valence-corrected chi connectivity index (χ3v) is 6.03. The van der Waals surface area contributed by atoms with Crippen molar-refractivity contribution in [1.82, 2.24) is 20.6 Å². The van der Waals surface area contributed by atoms with Gasteiger partial charge in [0.2, 0.25) is 0 Å². The number of aryl methyl sites for hydroxylation is 1. The van der Waals surface area contributed by atoms with Gasteiger partial charge in [-0.15, -0.1) is 0 Å². The Hall–Kier alpha value is -2.43. The molecule has 0 radical (unpaired) electrons. The summed E-state index contributed by atoms with van der Waals surface area (Å²) in [4.78, 5) is 5.28. The number of hydrogen-bond acceptors (Lipinski definition) is 4. The molecule has 0 saturated heterocycles. The average molecular weight is 347 g/mol. The molecular formula is C21H25N5. The number of rotatable bonds is 4. The second-order valence-electron chi connectivity index (χ2n) is 7.84. The molecule has 5 rings (SSSR count). The monoisotopic (exact) mass is 347 g/mol. The van der Waals surface area contributed by atoms with Gasteiger partial charge >= 0.3 is 0 Å². The molecule has 26 heavy (non-hydrogen) atoms. The molecule has 2 aromatic rings. The highest BCUT2D eigenvalue weighted by Gasteiger charge is 2.40. The number of nitrogens with one attached hydrogen (secondary N) is 2. The molecule has 1 aliphatic heterocycles. The molecule has 2 N–H and O–H groups in total. The average Bonchev–Trinajstić information content (AvgIpc) is 3.22. The predicted octanol–water partition coefficient (Wildman–Crippen LogP) is 3.89. The van der Waals surface area contributed by atoms with E-state index in [1.807, 2.05) is 6.20 Å². The minimum atomic E-state index is 0.287. The highest BCUT2D eigenvalue weighted by atomic mass is 15.3. The van der Waals surface area contributed by atoms with Crippen molar-refractivity contribution in [3.8, 4) is 11.3 Å². The molecule has 3 aliphatic rings. The molecule has 1 fully saturated rings. The first kappa shape index (κ1) is 15.8. The summed E-state index contributed by atoms with van der Waals surface area (Å²) in [6, 6.07) is 0.287. The van der Waals surface area contributed by atoms with E-state index in [-0.39, 0.29) is 6.04 Å². The number of aromatic nitrogens is 3. The van der Waals surface area contributed by atoms with Crippen LogP contribution in [-0.2, 0) is 6.42 Å². The van der Waals surface area contributed by atoms with Crippen molar-refractivity contribution in [1.29, 1.82) is 0 Å². The first-order valence-electron chi connectivity index (χ1n) is 9.73. The Morgan fingerprint density at radius 2 is 2.04 bits per heavy atom. The van der Waals surface area contributed by atoms with Crippen molar-refractivity contribution in [3.63, 3.8) is 0 Å². The van der Waals surface area contributed by atoms with Gasteiger partial charge in [-0.05, 0) is 61.3 Å². The number of aromatic amines is 1. The molecule has 3 heterocycles. The number of hydrogen-bond donors (Lipinski definition) is 2. The van der Waals surface area contributed by atoms with Gasteiger partial charge in [0.05, 0.1) is 23.6 Å². The summed E-state index contributed by atoms with van der Waals surface area (Å²) in [5.41, 5.74) is 13.4. The number of fused-ring (bicyclic) bond motifs is 3. The standard InChI is InChI=1S/C21H25N5/c1-4-5-14-11(2)19-17-10-23-26-18(17)8-15(13-6-7-13)21(19)24-20(14)16-9-22-25-12(16)3/h8-10,13,17-18,26H,4-7H2,1-3H3,(H,22,25). The van der Waals surface area contributed by atoms with E-state index in [2.05, 4.69) is 53.8 Å². The van der Waals surface area contributed by atoms with Gasteiger partial charge in [-0.25, -0.2) is 4.98 Å². The molecule has 0 amide bonds. The van der Waals surface area contributed by atoms with Gasteiger partial charge in [0.25, 0.3) is 0 Å². The van der Waals surface area contributed by atoms with Crippen LogP contribution < -0.4 is 5.43 Å². The van der Waals surface area contributed by atoms with Crippen LogP contribution in [0.3, 0.4) is 0 Å². The van der Waals surface area contributed by atoms with E-state index < -0.39 is 0 Å². The minimum Gasteiger partial charge on any atom is -0.302 e. The summed E-state index contributed by atoms with van der Waals surface area (Å²) in [6.45, 7) is 6.60. The summed E-state index contributed by atoms with van der Waals surface area (Å²) >= 11 is 0. The van der Waals surface area contributed by atoms with Gasteiger partial charge in [0, 0.05) is 23.4 Å². The first-order chi connectivity index (χ1) is 12.7. The zero-order valence-corrected chi connectivity index (χ0v) is 15.6. The first-order valence-corrected chi connectivity index (χ1v) is 9.73. The largest absolute Gasteiger partial charge is 0.302 e. The van der Waals surface area contributed by atoms with Crippen LogP contribution in [-0.4, -0.2) is 27.4 Å². The SMILES string of the molecule is CCCc1c(-c2cn[nH]c2C)nc2c(c1C)C1C=NNC1C=C2C1CC1. The van der Waals surface area contributed by atoms with E-state index in [1.54, 1.807) is 0 Å². The molecule has 2 aromatic heterocycles. The number of hydrazone groups is 1. The fourth-order valence-electron chi connectivity index (χ4n) is 4.53. The Labute approximate surface area is 154 Å². The lowest BCUT2D eigenvalue weighted by atomic mass is 9.78. The molecule has 2 unspecified atom stereocenters. The number of H-pyrrole nitrogens is 1. The second-order valence-corrected chi connectivity index (χ2v) is 7.84. The van der Waals surface area contributed by atoms with Gasteiger partial charge in [0.1, 0.15) is 0 Å². The molecule has 2 atom stereocenters. The van der Waals surface area contributed by atoms with Crippen LogP contribution in [0.25, 0.3) is 16.8 Å². The normalized spacial score (nSPS) is 23.4. The fourth-order valence-corrected chi connectivity index (χ4v) is 4.53. The lowest BCUT2D eigenvalue weighted by molar-refractivity contribution is 0.629. The maximum Gasteiger partial charge on any atom is 0.0778 e. The van der Waals surface area contributed by atoms with Crippen molar-refractivity contribution < 1.29 is 0 Å². The fraction of sp³-hybridized carbons (Fsp3) is 0.476. The number of allylic oxidation sites excluding steroid dienone is 1. The second kappa shape index (κ2) is 5.79. The lowest BCUT2D eigenvalue weighted by Gasteiger charge is -2.29. The van der Waals surface area contributed by atoms with Crippen molar-refractivity contribution >= 4 is 11.8 Å². The zero-order chi connectivity index (χ0) is 17.8. The topological polar surface area (TPSA) is 66.0 Å². The van der Waals surface area contributed by atoms with Crippen LogP contribution in [0.4, 0.5) is 0 Å². The Morgan fingerprint density at radius 3 is 2.73 bits per heavy atom. The number of nitrogens with zero attached hydrogens (tertiary/aromatic N) is 3. The van der Waals surface area contributed by atoms with Crippen molar-refractivity contribution in [2.75, 3.05) is 0 Å². The van der Waals surface area contributed by atoms with Crippen molar-refractivity contribution in [3.05, 3.63) is 40.4 Å². The third-order valence-electron chi connectivity index (χ3n) is 6.03.